The van der Waals surface area contributed by atoms with E-state index in [9.17, 15) is 0 Å². The van der Waals surface area contributed by atoms with Gasteiger partial charge in [0.15, 0.2) is 5.16 Å². The van der Waals surface area contributed by atoms with Gasteiger partial charge in [0, 0.05) is 0 Å². The minimum absolute atomic E-state index is 0.896. The molecule has 0 spiro atoms. The van der Waals surface area contributed by atoms with Crippen LogP contribution in [0, 0.1) is 0 Å². The predicted octanol–water partition coefficient (Wildman–Crippen LogP) is 1.94. The van der Waals surface area contributed by atoms with Crippen molar-refractivity contribution in [1.29, 1.82) is 0 Å². The van der Waals surface area contributed by atoms with Crippen LogP contribution in [0.15, 0.2) is 11.5 Å². The third kappa shape index (κ3) is 3.50. The molecule has 10 heavy (non-hydrogen) atoms. The van der Waals surface area contributed by atoms with Gasteiger partial charge in [-0.25, -0.2) is 4.98 Å². The Morgan fingerprint density at radius 3 is 2.70 bits per heavy atom. The molecule has 0 fully saturated rings. The summed E-state index contributed by atoms with van der Waals surface area (Å²) < 4.78 is 0. The van der Waals surface area contributed by atoms with Gasteiger partial charge in [0.25, 0.3) is 0 Å². The lowest BCUT2D eigenvalue weighted by molar-refractivity contribution is 0.974. The van der Waals surface area contributed by atoms with Crippen LogP contribution in [-0.4, -0.2) is 20.9 Å². The van der Waals surface area contributed by atoms with Crippen molar-refractivity contribution in [2.24, 2.45) is 0 Å². The van der Waals surface area contributed by atoms with Gasteiger partial charge < -0.3 is 0 Å². The molecule has 0 aliphatic heterocycles. The molecule has 1 aromatic rings. The maximum atomic E-state index is 3.90. The zero-order valence-electron chi connectivity index (χ0n) is 6.59. The van der Waals surface area contributed by atoms with Gasteiger partial charge in [-0.15, -0.1) is 0 Å². The Hall–Kier alpha value is -0.510. The van der Waals surface area contributed by atoms with E-state index in [0.717, 1.165) is 10.9 Å². The van der Waals surface area contributed by atoms with Gasteiger partial charge in [-0.3, -0.25) is 5.10 Å². The van der Waals surface area contributed by atoms with Crippen LogP contribution in [0.25, 0.3) is 0 Å². The van der Waals surface area contributed by atoms with E-state index in [1.807, 2.05) is 13.8 Å². The molecule has 0 aromatic carbocycles. The molecule has 4 heteroatoms. The van der Waals surface area contributed by atoms with Gasteiger partial charge in [-0.2, -0.15) is 5.10 Å². The van der Waals surface area contributed by atoms with Crippen LogP contribution in [0.2, 0.25) is 0 Å². The van der Waals surface area contributed by atoms with E-state index >= 15 is 0 Å². The normalized spacial score (nSPS) is 8.30. The molecule has 0 atom stereocenters. The number of thioether (sulfide) groups is 1. The second kappa shape index (κ2) is 6.61. The maximum Gasteiger partial charge on any atom is 0.183 e. The molecule has 1 heterocycles. The van der Waals surface area contributed by atoms with Crippen molar-refractivity contribution >= 4 is 11.8 Å². The van der Waals surface area contributed by atoms with E-state index in [4.69, 9.17) is 0 Å². The van der Waals surface area contributed by atoms with E-state index in [1.165, 1.54) is 6.33 Å². The summed E-state index contributed by atoms with van der Waals surface area (Å²) in [6.07, 6.45) is 1.51. The zero-order valence-corrected chi connectivity index (χ0v) is 7.40. The number of nitrogens with zero attached hydrogens (tertiary/aromatic N) is 2. The molecule has 0 amide bonds. The third-order valence-electron chi connectivity index (χ3n) is 0.674. The Bertz CT molecular complexity index is 139. The summed E-state index contributed by atoms with van der Waals surface area (Å²) in [4.78, 5) is 3.90. The smallest absolute Gasteiger partial charge is 0.183 e. The van der Waals surface area contributed by atoms with E-state index in [-0.39, 0.29) is 0 Å². The van der Waals surface area contributed by atoms with Gasteiger partial charge in [0.2, 0.25) is 0 Å². The quantitative estimate of drug-likeness (QED) is 0.670. The van der Waals surface area contributed by atoms with Crippen molar-refractivity contribution in [3.63, 3.8) is 0 Å². The van der Waals surface area contributed by atoms with Crippen LogP contribution in [0.5, 0.6) is 0 Å². The molecule has 0 saturated carbocycles. The van der Waals surface area contributed by atoms with Crippen LogP contribution in [0.3, 0.4) is 0 Å². The highest BCUT2D eigenvalue weighted by atomic mass is 32.2. The van der Waals surface area contributed by atoms with Gasteiger partial charge in [-0.05, 0) is 5.75 Å². The van der Waals surface area contributed by atoms with E-state index in [1.54, 1.807) is 11.8 Å². The summed E-state index contributed by atoms with van der Waals surface area (Å²) in [5.74, 6) is 1.04. The molecule has 0 radical (unpaired) electrons. The maximum absolute atomic E-state index is 3.90. The summed E-state index contributed by atoms with van der Waals surface area (Å²) in [6.45, 7) is 6.08. The minimum atomic E-state index is 0.896. The largest absolute Gasteiger partial charge is 0.254 e. The standard InChI is InChI=1S/C4H7N3S.C2H6/c1-2-8-4-5-3-6-7-4;1-2/h3H,2H2,1H3,(H,5,6,7);1-2H3. The van der Waals surface area contributed by atoms with Gasteiger partial charge >= 0.3 is 0 Å². The second-order valence-corrected chi connectivity index (χ2v) is 2.48. The van der Waals surface area contributed by atoms with Crippen LogP contribution in [0.1, 0.15) is 20.8 Å². The lowest BCUT2D eigenvalue weighted by atomic mass is 11.0. The summed E-state index contributed by atoms with van der Waals surface area (Å²) >= 11 is 1.65. The number of nitrogens with one attached hydrogen (secondary N) is 1. The molecule has 1 rings (SSSR count). The molecule has 0 bridgehead atoms. The lowest BCUT2D eigenvalue weighted by Crippen LogP contribution is -1.73. The van der Waals surface area contributed by atoms with E-state index in [0.29, 0.717) is 0 Å². The zero-order chi connectivity index (χ0) is 7.82. The van der Waals surface area contributed by atoms with Gasteiger partial charge in [-0.1, -0.05) is 32.5 Å². The molecule has 58 valence electrons. The van der Waals surface area contributed by atoms with Crippen LogP contribution in [0.4, 0.5) is 0 Å². The SMILES string of the molecule is CC.CCSc1ncn[nH]1. The number of hydrogen-bond acceptors (Lipinski definition) is 3. The highest BCUT2D eigenvalue weighted by molar-refractivity contribution is 7.99. The summed E-state index contributed by atoms with van der Waals surface area (Å²) in [5, 5.41) is 7.32. The van der Waals surface area contributed by atoms with Crippen molar-refractivity contribution in [2.75, 3.05) is 5.75 Å². The van der Waals surface area contributed by atoms with Crippen LogP contribution < -0.4 is 0 Å². The Kier molecular flexibility index (Phi) is 6.27. The number of aromatic nitrogens is 3. The van der Waals surface area contributed by atoms with Crippen molar-refractivity contribution < 1.29 is 0 Å². The first kappa shape index (κ1) is 9.49. The summed E-state index contributed by atoms with van der Waals surface area (Å²) in [6, 6.07) is 0. The number of aromatic amines is 1. The van der Waals surface area contributed by atoms with Gasteiger partial charge in [0.1, 0.15) is 6.33 Å². The number of rotatable bonds is 2. The molecule has 1 N–H and O–H groups in total. The second-order valence-electron chi connectivity index (χ2n) is 1.22. The van der Waals surface area contributed by atoms with Crippen LogP contribution in [-0.2, 0) is 0 Å². The first-order chi connectivity index (χ1) is 4.93. The average molecular weight is 159 g/mol. The molecular weight excluding hydrogens is 146 g/mol. The molecule has 3 nitrogen and oxygen atoms in total. The first-order valence-electron chi connectivity index (χ1n) is 3.41. The molecular formula is C6H13N3S. The fraction of sp³-hybridized carbons (Fsp3) is 0.667. The highest BCUT2D eigenvalue weighted by Crippen LogP contribution is 2.07. The molecule has 0 unspecified atom stereocenters. The Morgan fingerprint density at radius 1 is 1.60 bits per heavy atom. The monoisotopic (exact) mass is 159 g/mol. The number of hydrogen-bond donors (Lipinski definition) is 1. The molecule has 0 aliphatic rings. The lowest BCUT2D eigenvalue weighted by Gasteiger charge is -1.84. The van der Waals surface area contributed by atoms with Crippen LogP contribution >= 0.6 is 11.8 Å². The minimum Gasteiger partial charge on any atom is -0.254 e. The average Bonchev–Trinajstić information content (AvgIpc) is 2.46. The predicted molar refractivity (Wildman–Crippen MR) is 44.1 cm³/mol. The molecule has 0 aliphatic carbocycles. The highest BCUT2D eigenvalue weighted by Gasteiger charge is 1.89. The van der Waals surface area contributed by atoms with Gasteiger partial charge in [0.05, 0.1) is 0 Å². The Balaban J connectivity index is 0.000000371. The first-order valence-corrected chi connectivity index (χ1v) is 4.40. The third-order valence-corrected chi connectivity index (χ3v) is 1.43. The molecule has 1 aromatic heterocycles. The Labute approximate surface area is 65.6 Å². The van der Waals surface area contributed by atoms with Crippen molar-refractivity contribution in [3.8, 4) is 0 Å². The molecule has 0 saturated heterocycles. The fourth-order valence-electron chi connectivity index (χ4n) is 0.401. The number of H-pyrrole nitrogens is 1. The fourth-order valence-corrected chi connectivity index (χ4v) is 0.913. The van der Waals surface area contributed by atoms with E-state index < -0.39 is 0 Å². The van der Waals surface area contributed by atoms with Crippen molar-refractivity contribution in [3.05, 3.63) is 6.33 Å². The van der Waals surface area contributed by atoms with Crippen molar-refractivity contribution in [2.45, 2.75) is 25.9 Å². The van der Waals surface area contributed by atoms with Crippen molar-refractivity contribution in [1.82, 2.24) is 15.2 Å². The Morgan fingerprint density at radius 2 is 2.30 bits per heavy atom. The summed E-state index contributed by atoms with van der Waals surface area (Å²) in [5.41, 5.74) is 0. The summed E-state index contributed by atoms with van der Waals surface area (Å²) in [7, 11) is 0. The topological polar surface area (TPSA) is 41.6 Å². The van der Waals surface area contributed by atoms with E-state index in [2.05, 4.69) is 22.1 Å².